The van der Waals surface area contributed by atoms with E-state index < -0.39 is 7.82 Å². The summed E-state index contributed by atoms with van der Waals surface area (Å²) >= 11 is 4.12. The number of nitrogens with zero attached hydrogens (tertiary/aromatic N) is 1. The van der Waals surface area contributed by atoms with E-state index in [9.17, 15) is 9.46 Å². The maximum atomic E-state index is 11.6. The summed E-state index contributed by atoms with van der Waals surface area (Å²) in [6.07, 6.45) is 1.91. The average molecular weight is 300 g/mol. The smallest absolute Gasteiger partial charge is 0.329 e. The Balaban J connectivity index is 3.83. The molecular formula is C11H27NO4PS+. The van der Waals surface area contributed by atoms with Gasteiger partial charge in [-0.25, -0.2) is 4.57 Å². The van der Waals surface area contributed by atoms with E-state index in [4.69, 9.17) is 9.05 Å². The van der Waals surface area contributed by atoms with E-state index in [0.717, 1.165) is 18.6 Å². The molecule has 0 aliphatic rings. The molecule has 0 amide bonds. The molecule has 1 N–H and O–H groups in total. The molecule has 0 saturated carbocycles. The van der Waals surface area contributed by atoms with Crippen LogP contribution >= 0.6 is 20.5 Å². The number of quaternary nitrogens is 1. The van der Waals surface area contributed by atoms with Crippen molar-refractivity contribution in [2.24, 2.45) is 5.92 Å². The van der Waals surface area contributed by atoms with E-state index in [1.165, 1.54) is 0 Å². The fraction of sp³-hybridized carbons (Fsp3) is 1.00. The number of phosphoric acid groups is 1. The lowest BCUT2D eigenvalue weighted by Gasteiger charge is -2.24. The Kier molecular flexibility index (Phi) is 8.76. The molecule has 2 atom stereocenters. The maximum Gasteiger partial charge on any atom is 0.472 e. The van der Waals surface area contributed by atoms with Crippen LogP contribution in [-0.2, 0) is 13.6 Å². The van der Waals surface area contributed by atoms with E-state index in [2.05, 4.69) is 12.6 Å². The topological polar surface area (TPSA) is 55.8 Å². The van der Waals surface area contributed by atoms with Crippen molar-refractivity contribution in [1.82, 2.24) is 0 Å². The Morgan fingerprint density at radius 1 is 1.33 bits per heavy atom. The monoisotopic (exact) mass is 300 g/mol. The molecule has 2 unspecified atom stereocenters. The summed E-state index contributed by atoms with van der Waals surface area (Å²) in [5, 5.41) is 0. The first-order valence-corrected chi connectivity index (χ1v) is 8.32. The molecular weight excluding hydrogens is 273 g/mol. The Bertz CT molecular complexity index is 270. The van der Waals surface area contributed by atoms with Crippen LogP contribution in [0.5, 0.6) is 0 Å². The fourth-order valence-electron chi connectivity index (χ4n) is 1.21. The highest BCUT2D eigenvalue weighted by atomic mass is 32.1. The second-order valence-corrected chi connectivity index (χ2v) is 7.48. The third-order valence-electron chi connectivity index (χ3n) is 2.39. The van der Waals surface area contributed by atoms with Gasteiger partial charge in [0.2, 0.25) is 0 Å². The van der Waals surface area contributed by atoms with Gasteiger partial charge >= 0.3 is 7.82 Å². The van der Waals surface area contributed by atoms with Gasteiger partial charge in [-0.05, 0) is 24.5 Å². The van der Waals surface area contributed by atoms with Crippen LogP contribution in [0.1, 0.15) is 19.8 Å². The normalized spacial score (nSPS) is 17.4. The van der Waals surface area contributed by atoms with E-state index in [1.54, 1.807) is 0 Å². The first-order chi connectivity index (χ1) is 8.16. The number of thiol groups is 1. The molecule has 7 heteroatoms. The summed E-state index contributed by atoms with van der Waals surface area (Å²) in [6, 6.07) is 0. The highest BCUT2D eigenvalue weighted by Gasteiger charge is 2.23. The molecule has 0 heterocycles. The zero-order valence-corrected chi connectivity index (χ0v) is 13.6. The van der Waals surface area contributed by atoms with Crippen LogP contribution in [0.4, 0.5) is 0 Å². The second-order valence-electron chi connectivity index (χ2n) is 5.58. The molecule has 0 saturated heterocycles. The lowest BCUT2D eigenvalue weighted by atomic mass is 10.1. The van der Waals surface area contributed by atoms with E-state index in [0.29, 0.717) is 11.0 Å². The van der Waals surface area contributed by atoms with Gasteiger partial charge in [0.1, 0.15) is 13.2 Å². The van der Waals surface area contributed by atoms with Gasteiger partial charge in [-0.2, -0.15) is 12.6 Å². The van der Waals surface area contributed by atoms with Crippen molar-refractivity contribution in [2.45, 2.75) is 19.8 Å². The van der Waals surface area contributed by atoms with Gasteiger partial charge in [0.05, 0.1) is 27.7 Å². The minimum absolute atomic E-state index is 0.211. The Morgan fingerprint density at radius 3 is 2.44 bits per heavy atom. The first kappa shape index (κ1) is 18.4. The van der Waals surface area contributed by atoms with Crippen molar-refractivity contribution in [2.75, 3.05) is 46.7 Å². The molecule has 0 aliphatic heterocycles. The fourth-order valence-corrected chi connectivity index (χ4v) is 2.22. The van der Waals surface area contributed by atoms with Crippen molar-refractivity contribution in [3.05, 3.63) is 0 Å². The minimum atomic E-state index is -3.89. The van der Waals surface area contributed by atoms with Crippen LogP contribution in [0.25, 0.3) is 0 Å². The number of hydrogen-bond acceptors (Lipinski definition) is 4. The van der Waals surface area contributed by atoms with Crippen molar-refractivity contribution in [3.63, 3.8) is 0 Å². The van der Waals surface area contributed by atoms with Gasteiger partial charge < -0.3 is 9.38 Å². The summed E-state index contributed by atoms with van der Waals surface area (Å²) < 4.78 is 22.1. The van der Waals surface area contributed by atoms with Crippen LogP contribution < -0.4 is 0 Å². The summed E-state index contributed by atoms with van der Waals surface area (Å²) in [6.45, 7) is 3.09. The molecule has 0 bridgehead atoms. The van der Waals surface area contributed by atoms with Crippen molar-refractivity contribution in [3.8, 4) is 0 Å². The predicted octanol–water partition coefficient (Wildman–Crippen LogP) is 2.17. The zero-order chi connectivity index (χ0) is 14.2. The molecule has 0 rings (SSSR count). The summed E-state index contributed by atoms with van der Waals surface area (Å²) in [5.41, 5.74) is 0. The van der Waals surface area contributed by atoms with E-state index >= 15 is 0 Å². The van der Waals surface area contributed by atoms with Crippen LogP contribution in [0.15, 0.2) is 0 Å². The van der Waals surface area contributed by atoms with Gasteiger partial charge in [0.15, 0.2) is 0 Å². The Labute approximate surface area is 116 Å². The van der Waals surface area contributed by atoms with Gasteiger partial charge in [0, 0.05) is 0 Å². The van der Waals surface area contributed by atoms with Crippen molar-refractivity contribution in [1.29, 1.82) is 0 Å². The van der Waals surface area contributed by atoms with E-state index in [-0.39, 0.29) is 19.1 Å². The number of likely N-dealkylation sites (N-methyl/N-ethyl adjacent to an activating group) is 1. The molecule has 0 aromatic heterocycles. The third-order valence-corrected chi connectivity index (χ3v) is 3.69. The van der Waals surface area contributed by atoms with Crippen LogP contribution in [-0.4, -0.2) is 56.0 Å². The van der Waals surface area contributed by atoms with Gasteiger partial charge in [-0.3, -0.25) is 9.05 Å². The lowest BCUT2D eigenvalue weighted by Crippen LogP contribution is -2.37. The Hall–Kier alpha value is 0.420. The lowest BCUT2D eigenvalue weighted by molar-refractivity contribution is -0.870. The molecule has 0 aromatic carbocycles. The summed E-state index contributed by atoms with van der Waals surface area (Å²) in [7, 11) is 2.08. The predicted molar refractivity (Wildman–Crippen MR) is 76.9 cm³/mol. The SMILES string of the molecule is CC(CCCS)COP(=O)(O)OCC[N+](C)(C)C. The zero-order valence-electron chi connectivity index (χ0n) is 11.8. The largest absolute Gasteiger partial charge is 0.472 e. The van der Waals surface area contributed by atoms with Gasteiger partial charge in [-0.1, -0.05) is 6.92 Å². The van der Waals surface area contributed by atoms with Crippen LogP contribution in [0.2, 0.25) is 0 Å². The molecule has 0 spiro atoms. The molecule has 18 heavy (non-hydrogen) atoms. The third kappa shape index (κ3) is 11.5. The Morgan fingerprint density at radius 2 is 1.94 bits per heavy atom. The van der Waals surface area contributed by atoms with Crippen molar-refractivity contribution < 1.29 is 23.0 Å². The highest BCUT2D eigenvalue weighted by molar-refractivity contribution is 7.80. The first-order valence-electron chi connectivity index (χ1n) is 6.19. The molecule has 0 fully saturated rings. The summed E-state index contributed by atoms with van der Waals surface area (Å²) in [4.78, 5) is 9.47. The number of hydrogen-bond donors (Lipinski definition) is 2. The minimum Gasteiger partial charge on any atom is -0.329 e. The van der Waals surface area contributed by atoms with E-state index in [1.807, 2.05) is 28.1 Å². The molecule has 5 nitrogen and oxygen atoms in total. The summed E-state index contributed by atoms with van der Waals surface area (Å²) in [5.74, 6) is 1.06. The van der Waals surface area contributed by atoms with Gasteiger partial charge in [0.25, 0.3) is 0 Å². The molecule has 0 aromatic rings. The molecule has 110 valence electrons. The standard InChI is InChI=1S/C11H26NO4PS/c1-11(6-5-9-18)10-16-17(13,14)15-8-7-12(2,3)4/h11H,5-10H2,1-4H3,(H-,13,14,18)/p+1. The highest BCUT2D eigenvalue weighted by Crippen LogP contribution is 2.43. The van der Waals surface area contributed by atoms with Crippen LogP contribution in [0, 0.1) is 5.92 Å². The van der Waals surface area contributed by atoms with Crippen LogP contribution in [0.3, 0.4) is 0 Å². The second kappa shape index (κ2) is 8.56. The average Bonchev–Trinajstić information content (AvgIpc) is 2.21. The molecule has 0 radical (unpaired) electrons. The van der Waals surface area contributed by atoms with Gasteiger partial charge in [-0.15, -0.1) is 0 Å². The number of phosphoric ester groups is 1. The quantitative estimate of drug-likeness (QED) is 0.369. The van der Waals surface area contributed by atoms with Crippen molar-refractivity contribution >= 4 is 20.5 Å². The molecule has 0 aliphatic carbocycles. The number of rotatable bonds is 10. The maximum absolute atomic E-state index is 11.6.